The van der Waals surface area contributed by atoms with Crippen LogP contribution in [0.5, 0.6) is 0 Å². The zero-order chi connectivity index (χ0) is 8.10. The summed E-state index contributed by atoms with van der Waals surface area (Å²) in [7, 11) is 0. The molecule has 1 aromatic rings. The number of imidazole rings is 1. The van der Waals surface area contributed by atoms with Crippen LogP contribution in [0.4, 0.5) is 0 Å². The first-order chi connectivity index (χ1) is 5.36. The highest BCUT2D eigenvalue weighted by molar-refractivity contribution is 7.98. The smallest absolute Gasteiger partial charge is 0.0949 e. The molecule has 2 nitrogen and oxygen atoms in total. The number of hydrogen-bond acceptors (Lipinski definition) is 2. The third-order valence-corrected chi connectivity index (χ3v) is 2.41. The number of thioether (sulfide) groups is 1. The van der Waals surface area contributed by atoms with Crippen LogP contribution in [0.25, 0.3) is 0 Å². The van der Waals surface area contributed by atoms with E-state index in [9.17, 15) is 0 Å². The Morgan fingerprint density at radius 1 is 1.55 bits per heavy atom. The van der Waals surface area contributed by atoms with Gasteiger partial charge in [0.2, 0.25) is 0 Å². The van der Waals surface area contributed by atoms with Gasteiger partial charge in [0.15, 0.2) is 0 Å². The first kappa shape index (κ1) is 8.65. The van der Waals surface area contributed by atoms with E-state index in [0.29, 0.717) is 0 Å². The van der Waals surface area contributed by atoms with E-state index in [1.165, 1.54) is 11.4 Å². The average Bonchev–Trinajstić information content (AvgIpc) is 2.48. The Kier molecular flexibility index (Phi) is 3.49. The Labute approximate surface area is 72.0 Å². The highest BCUT2D eigenvalue weighted by Crippen LogP contribution is 2.08. The number of aryl methyl sites for hydroxylation is 1. The molecule has 1 heterocycles. The van der Waals surface area contributed by atoms with Crippen molar-refractivity contribution in [2.24, 2.45) is 0 Å². The summed E-state index contributed by atoms with van der Waals surface area (Å²) < 4.78 is 2.10. The summed E-state index contributed by atoms with van der Waals surface area (Å²) in [6.07, 6.45) is 4.01. The van der Waals surface area contributed by atoms with Gasteiger partial charge in [-0.15, -0.1) is 0 Å². The van der Waals surface area contributed by atoms with Gasteiger partial charge in [-0.3, -0.25) is 0 Å². The molecule has 1 rings (SSSR count). The van der Waals surface area contributed by atoms with Crippen LogP contribution in [0.1, 0.15) is 19.5 Å². The third-order valence-electron chi connectivity index (χ3n) is 1.51. The molecule has 1 aromatic heterocycles. The van der Waals surface area contributed by atoms with Crippen LogP contribution in [0.2, 0.25) is 0 Å². The van der Waals surface area contributed by atoms with Crippen LogP contribution in [0, 0.1) is 0 Å². The Bertz CT molecular complexity index is 208. The molecule has 0 amide bonds. The van der Waals surface area contributed by atoms with Gasteiger partial charge in [0.05, 0.1) is 12.0 Å². The van der Waals surface area contributed by atoms with E-state index in [1.807, 2.05) is 18.1 Å². The molecule has 0 bridgehead atoms. The highest BCUT2D eigenvalue weighted by Gasteiger charge is 1.95. The molecule has 0 aliphatic carbocycles. The molecule has 0 saturated carbocycles. The van der Waals surface area contributed by atoms with E-state index < -0.39 is 0 Å². The van der Waals surface area contributed by atoms with Gasteiger partial charge in [-0.25, -0.2) is 4.98 Å². The van der Waals surface area contributed by atoms with E-state index in [-0.39, 0.29) is 0 Å². The van der Waals surface area contributed by atoms with Crippen LogP contribution < -0.4 is 0 Å². The minimum Gasteiger partial charge on any atom is -0.337 e. The van der Waals surface area contributed by atoms with Crippen LogP contribution in [0.15, 0.2) is 12.5 Å². The normalized spacial score (nSPS) is 10.4. The molecule has 0 aromatic carbocycles. The average molecular weight is 170 g/mol. The molecule has 0 unspecified atom stereocenters. The molecule has 0 fully saturated rings. The van der Waals surface area contributed by atoms with Crippen molar-refractivity contribution in [1.29, 1.82) is 0 Å². The van der Waals surface area contributed by atoms with Crippen molar-refractivity contribution >= 4 is 11.8 Å². The van der Waals surface area contributed by atoms with Crippen molar-refractivity contribution in [1.82, 2.24) is 9.55 Å². The number of rotatable bonds is 4. The van der Waals surface area contributed by atoms with Crippen molar-refractivity contribution < 1.29 is 0 Å². The lowest BCUT2D eigenvalue weighted by Gasteiger charge is -1.92. The second-order valence-corrected chi connectivity index (χ2v) is 3.61. The quantitative estimate of drug-likeness (QED) is 0.689. The van der Waals surface area contributed by atoms with E-state index in [2.05, 4.69) is 29.6 Å². The molecule has 0 atom stereocenters. The molecule has 0 saturated heterocycles. The van der Waals surface area contributed by atoms with Gasteiger partial charge in [-0.2, -0.15) is 11.8 Å². The van der Waals surface area contributed by atoms with E-state index >= 15 is 0 Å². The van der Waals surface area contributed by atoms with E-state index in [0.717, 1.165) is 12.3 Å². The first-order valence-corrected chi connectivity index (χ1v) is 5.10. The number of aromatic nitrogens is 2. The molecule has 3 heteroatoms. The molecule has 0 N–H and O–H groups in total. The van der Waals surface area contributed by atoms with Crippen LogP contribution in [-0.4, -0.2) is 15.3 Å². The summed E-state index contributed by atoms with van der Waals surface area (Å²) in [5.41, 5.74) is 1.19. The predicted octanol–water partition coefficient (Wildman–Crippen LogP) is 2.16. The Morgan fingerprint density at radius 3 is 2.91 bits per heavy atom. The fourth-order valence-corrected chi connectivity index (χ4v) is 1.42. The van der Waals surface area contributed by atoms with Crippen LogP contribution in [0.3, 0.4) is 0 Å². The van der Waals surface area contributed by atoms with Gasteiger partial charge >= 0.3 is 0 Å². The molecule has 11 heavy (non-hydrogen) atoms. The minimum absolute atomic E-state index is 1.02. The third kappa shape index (κ3) is 2.58. The molecular formula is C8H14N2S. The molecule has 0 radical (unpaired) electrons. The standard InChI is InChI=1S/C8H14N2S/c1-3-10-5-8(9-7-10)6-11-4-2/h5,7H,3-4,6H2,1-2H3. The molecule has 0 aliphatic heterocycles. The van der Waals surface area contributed by atoms with Crippen LogP contribution >= 0.6 is 11.8 Å². The van der Waals surface area contributed by atoms with Crippen molar-refractivity contribution in [3.05, 3.63) is 18.2 Å². The fraction of sp³-hybridized carbons (Fsp3) is 0.625. The zero-order valence-corrected chi connectivity index (χ0v) is 7.90. The van der Waals surface area contributed by atoms with Gasteiger partial charge in [-0.05, 0) is 12.7 Å². The summed E-state index contributed by atoms with van der Waals surface area (Å²) in [5.74, 6) is 2.21. The number of hydrogen-bond donors (Lipinski definition) is 0. The molecule has 62 valence electrons. The van der Waals surface area contributed by atoms with Gasteiger partial charge in [0, 0.05) is 18.5 Å². The molecule has 0 spiro atoms. The van der Waals surface area contributed by atoms with Gasteiger partial charge in [-0.1, -0.05) is 6.92 Å². The van der Waals surface area contributed by atoms with Crippen LogP contribution in [-0.2, 0) is 12.3 Å². The first-order valence-electron chi connectivity index (χ1n) is 3.95. The molecule has 0 aliphatic rings. The second kappa shape index (κ2) is 4.44. The summed E-state index contributed by atoms with van der Waals surface area (Å²) in [4.78, 5) is 4.27. The van der Waals surface area contributed by atoms with Gasteiger partial charge in [0.1, 0.15) is 0 Å². The lowest BCUT2D eigenvalue weighted by Crippen LogP contribution is -1.87. The highest BCUT2D eigenvalue weighted by atomic mass is 32.2. The number of nitrogens with zero attached hydrogens (tertiary/aromatic N) is 2. The monoisotopic (exact) mass is 170 g/mol. The largest absolute Gasteiger partial charge is 0.337 e. The predicted molar refractivity (Wildman–Crippen MR) is 49.7 cm³/mol. The topological polar surface area (TPSA) is 17.8 Å². The maximum Gasteiger partial charge on any atom is 0.0949 e. The summed E-state index contributed by atoms with van der Waals surface area (Å²) >= 11 is 1.91. The Hall–Kier alpha value is -0.440. The van der Waals surface area contributed by atoms with Crippen molar-refractivity contribution in [3.63, 3.8) is 0 Å². The van der Waals surface area contributed by atoms with Crippen molar-refractivity contribution in [3.8, 4) is 0 Å². The van der Waals surface area contributed by atoms with E-state index in [1.54, 1.807) is 0 Å². The second-order valence-electron chi connectivity index (χ2n) is 2.33. The summed E-state index contributed by atoms with van der Waals surface area (Å²) in [6.45, 7) is 5.31. The van der Waals surface area contributed by atoms with Gasteiger partial charge < -0.3 is 4.57 Å². The minimum atomic E-state index is 1.02. The lowest BCUT2D eigenvalue weighted by molar-refractivity contribution is 0.761. The fourth-order valence-electron chi connectivity index (χ4n) is 0.860. The molecular weight excluding hydrogens is 156 g/mol. The summed E-state index contributed by atoms with van der Waals surface area (Å²) in [6, 6.07) is 0. The SMILES string of the molecule is CCSCc1cn(CC)cn1. The Balaban J connectivity index is 2.44. The Morgan fingerprint density at radius 2 is 2.36 bits per heavy atom. The van der Waals surface area contributed by atoms with E-state index in [4.69, 9.17) is 0 Å². The van der Waals surface area contributed by atoms with Crippen molar-refractivity contribution in [2.75, 3.05) is 5.75 Å². The van der Waals surface area contributed by atoms with Gasteiger partial charge in [0.25, 0.3) is 0 Å². The van der Waals surface area contributed by atoms with Crippen molar-refractivity contribution in [2.45, 2.75) is 26.1 Å². The maximum atomic E-state index is 4.27. The summed E-state index contributed by atoms with van der Waals surface area (Å²) in [5, 5.41) is 0. The maximum absolute atomic E-state index is 4.27. The zero-order valence-electron chi connectivity index (χ0n) is 7.08. The lowest BCUT2D eigenvalue weighted by atomic mass is 10.5.